The number of esters is 1. The van der Waals surface area contributed by atoms with Gasteiger partial charge in [0.1, 0.15) is 0 Å². The number of nitrogens with zero attached hydrogens (tertiary/aromatic N) is 2. The van der Waals surface area contributed by atoms with Crippen molar-refractivity contribution in [3.05, 3.63) is 53.7 Å². The molecule has 5 nitrogen and oxygen atoms in total. The number of hydrogen-bond donors (Lipinski definition) is 0. The van der Waals surface area contributed by atoms with Crippen LogP contribution in [0.15, 0.2) is 42.5 Å². The van der Waals surface area contributed by atoms with Crippen LogP contribution in [0.4, 0.5) is 0 Å². The number of ether oxygens (including phenoxy) is 1. The molecule has 3 rings (SSSR count). The molecule has 0 aliphatic heterocycles. The number of aryl methyl sites for hydroxylation is 1. The van der Waals surface area contributed by atoms with Gasteiger partial charge in [-0.3, -0.25) is 14.6 Å². The molecular weight excluding hydrogens is 364 g/mol. The van der Waals surface area contributed by atoms with E-state index in [1.165, 1.54) is 7.11 Å². The first-order valence-electron chi connectivity index (χ1n) is 10.3. The van der Waals surface area contributed by atoms with Gasteiger partial charge in [0.15, 0.2) is 5.41 Å². The van der Waals surface area contributed by atoms with Gasteiger partial charge in [0.05, 0.1) is 12.8 Å². The highest BCUT2D eigenvalue weighted by molar-refractivity contribution is 6.09. The van der Waals surface area contributed by atoms with E-state index in [-0.39, 0.29) is 18.0 Å². The molecule has 0 N–H and O–H groups in total. The second kappa shape index (κ2) is 8.36. The van der Waals surface area contributed by atoms with Crippen LogP contribution in [-0.2, 0) is 26.2 Å². The van der Waals surface area contributed by atoms with E-state index in [2.05, 4.69) is 0 Å². The predicted octanol–water partition coefficient (Wildman–Crippen LogP) is 4.14. The van der Waals surface area contributed by atoms with Crippen molar-refractivity contribution in [3.8, 4) is 11.3 Å². The van der Waals surface area contributed by atoms with E-state index in [4.69, 9.17) is 9.72 Å². The van der Waals surface area contributed by atoms with Crippen LogP contribution in [0.25, 0.3) is 11.3 Å². The first-order valence-corrected chi connectivity index (χ1v) is 10.3. The molecule has 2 aromatic rings. The lowest BCUT2D eigenvalue weighted by atomic mass is 9.69. The maximum atomic E-state index is 13.8. The molecule has 0 saturated heterocycles. The van der Waals surface area contributed by atoms with E-state index in [1.54, 1.807) is 4.90 Å². The van der Waals surface area contributed by atoms with Gasteiger partial charge >= 0.3 is 5.97 Å². The highest BCUT2D eigenvalue weighted by Crippen LogP contribution is 2.41. The molecule has 154 valence electrons. The van der Waals surface area contributed by atoms with Crippen molar-refractivity contribution in [2.75, 3.05) is 7.11 Å². The fraction of sp³-hybridized carbons (Fsp3) is 0.458. The summed E-state index contributed by atoms with van der Waals surface area (Å²) in [5.74, 6) is -0.687. The quantitative estimate of drug-likeness (QED) is 0.565. The molecule has 1 heterocycles. The number of benzene rings is 1. The Morgan fingerprint density at radius 1 is 1.03 bits per heavy atom. The third kappa shape index (κ3) is 3.66. The van der Waals surface area contributed by atoms with Crippen LogP contribution >= 0.6 is 0 Å². The molecule has 0 radical (unpaired) electrons. The molecule has 5 heteroatoms. The van der Waals surface area contributed by atoms with Crippen LogP contribution in [0.5, 0.6) is 0 Å². The topological polar surface area (TPSA) is 59.5 Å². The van der Waals surface area contributed by atoms with Crippen molar-refractivity contribution in [2.45, 2.75) is 64.5 Å². The standard InChI is InChI=1S/C24H30N2O3/c1-16(2)26(17(3)4)22(27)24(23(28)29-5)15-9-12-21-19(24)13-14-20(25-21)18-10-7-6-8-11-18/h6-8,10-11,13-14,16-17H,9,12,15H2,1-5H3. The number of aromatic nitrogens is 1. The van der Waals surface area contributed by atoms with E-state index in [0.29, 0.717) is 18.4 Å². The molecule has 0 saturated carbocycles. The third-order valence-corrected chi connectivity index (χ3v) is 5.72. The fourth-order valence-electron chi connectivity index (χ4n) is 4.49. The molecule has 0 bridgehead atoms. The number of amides is 1. The minimum absolute atomic E-state index is 0.0223. The number of carbonyl (C=O) groups is 2. The van der Waals surface area contributed by atoms with Crippen LogP contribution in [0.3, 0.4) is 0 Å². The maximum Gasteiger partial charge on any atom is 0.326 e. The van der Waals surface area contributed by atoms with Crippen LogP contribution in [0.2, 0.25) is 0 Å². The molecule has 29 heavy (non-hydrogen) atoms. The summed E-state index contributed by atoms with van der Waals surface area (Å²) < 4.78 is 5.18. The highest BCUT2D eigenvalue weighted by Gasteiger charge is 2.54. The zero-order valence-corrected chi connectivity index (χ0v) is 17.9. The minimum Gasteiger partial charge on any atom is -0.468 e. The van der Waals surface area contributed by atoms with E-state index >= 15 is 0 Å². The van der Waals surface area contributed by atoms with Crippen LogP contribution in [-0.4, -0.2) is 41.0 Å². The van der Waals surface area contributed by atoms with Crippen molar-refractivity contribution in [1.29, 1.82) is 0 Å². The lowest BCUT2D eigenvalue weighted by Crippen LogP contribution is -2.57. The van der Waals surface area contributed by atoms with Gasteiger partial charge in [-0.2, -0.15) is 0 Å². The first-order chi connectivity index (χ1) is 13.8. The Morgan fingerprint density at radius 2 is 1.69 bits per heavy atom. The molecule has 0 spiro atoms. The number of hydrogen-bond acceptors (Lipinski definition) is 4. The summed E-state index contributed by atoms with van der Waals surface area (Å²) in [4.78, 5) is 33.6. The van der Waals surface area contributed by atoms with Crippen molar-refractivity contribution < 1.29 is 14.3 Å². The van der Waals surface area contributed by atoms with Crippen molar-refractivity contribution >= 4 is 11.9 Å². The summed E-state index contributed by atoms with van der Waals surface area (Å²) in [6, 6.07) is 13.7. The highest BCUT2D eigenvalue weighted by atomic mass is 16.5. The average Bonchev–Trinajstić information content (AvgIpc) is 2.72. The summed E-state index contributed by atoms with van der Waals surface area (Å²) in [7, 11) is 1.35. The van der Waals surface area contributed by atoms with Gasteiger partial charge in [0.25, 0.3) is 0 Å². The predicted molar refractivity (Wildman–Crippen MR) is 113 cm³/mol. The van der Waals surface area contributed by atoms with Gasteiger partial charge in [-0.1, -0.05) is 36.4 Å². The molecule has 1 aliphatic carbocycles. The summed E-state index contributed by atoms with van der Waals surface area (Å²) >= 11 is 0. The molecule has 1 unspecified atom stereocenters. The van der Waals surface area contributed by atoms with Crippen LogP contribution in [0, 0.1) is 0 Å². The second-order valence-electron chi connectivity index (χ2n) is 8.21. The molecule has 1 aliphatic rings. The van der Waals surface area contributed by atoms with Crippen molar-refractivity contribution in [1.82, 2.24) is 9.88 Å². The van der Waals surface area contributed by atoms with Gasteiger partial charge in [-0.15, -0.1) is 0 Å². The number of pyridine rings is 1. The normalized spacial score (nSPS) is 18.4. The van der Waals surface area contributed by atoms with Gasteiger partial charge in [-0.05, 0) is 53.0 Å². The number of methoxy groups -OCH3 is 1. The number of fused-ring (bicyclic) bond motifs is 1. The maximum absolute atomic E-state index is 13.8. The summed E-state index contributed by atoms with van der Waals surface area (Å²) in [6.45, 7) is 7.90. The Morgan fingerprint density at radius 3 is 2.28 bits per heavy atom. The Kier molecular flexibility index (Phi) is 6.06. The lowest BCUT2D eigenvalue weighted by Gasteiger charge is -2.41. The van der Waals surface area contributed by atoms with Gasteiger partial charge in [0, 0.05) is 28.9 Å². The largest absolute Gasteiger partial charge is 0.468 e. The summed E-state index contributed by atoms with van der Waals surface area (Å²) in [6.07, 6.45) is 1.89. The van der Waals surface area contributed by atoms with E-state index in [1.807, 2.05) is 70.2 Å². The zero-order valence-electron chi connectivity index (χ0n) is 17.9. The summed E-state index contributed by atoms with van der Waals surface area (Å²) in [5.41, 5.74) is 2.03. The molecule has 1 aromatic heterocycles. The average molecular weight is 395 g/mol. The molecule has 1 amide bonds. The fourth-order valence-corrected chi connectivity index (χ4v) is 4.49. The molecular formula is C24H30N2O3. The van der Waals surface area contributed by atoms with Crippen molar-refractivity contribution in [3.63, 3.8) is 0 Å². The minimum atomic E-state index is -1.33. The van der Waals surface area contributed by atoms with E-state index in [9.17, 15) is 9.59 Å². The lowest BCUT2D eigenvalue weighted by molar-refractivity contribution is -0.159. The summed E-state index contributed by atoms with van der Waals surface area (Å²) in [5, 5.41) is 0. The molecule has 1 aromatic carbocycles. The second-order valence-corrected chi connectivity index (χ2v) is 8.21. The van der Waals surface area contributed by atoms with Gasteiger partial charge in [-0.25, -0.2) is 0 Å². The Labute approximate surface area is 173 Å². The zero-order chi connectivity index (χ0) is 21.2. The molecule has 0 fully saturated rings. The van der Waals surface area contributed by atoms with Gasteiger partial charge in [0.2, 0.25) is 5.91 Å². The number of carbonyl (C=O) groups excluding carboxylic acids is 2. The Bertz CT molecular complexity index is 884. The molecule has 1 atom stereocenters. The SMILES string of the molecule is COC(=O)C1(C(=O)N(C(C)C)C(C)C)CCCc2nc(-c3ccccc3)ccc21. The smallest absolute Gasteiger partial charge is 0.326 e. The number of rotatable bonds is 5. The first kappa shape index (κ1) is 21.0. The monoisotopic (exact) mass is 394 g/mol. The van der Waals surface area contributed by atoms with Crippen molar-refractivity contribution in [2.24, 2.45) is 0 Å². The van der Waals surface area contributed by atoms with Crippen LogP contribution in [0.1, 0.15) is 51.8 Å². The third-order valence-electron chi connectivity index (χ3n) is 5.72. The Balaban J connectivity index is 2.16. The van der Waals surface area contributed by atoms with Crippen LogP contribution < -0.4 is 0 Å². The van der Waals surface area contributed by atoms with E-state index in [0.717, 1.165) is 23.4 Å². The van der Waals surface area contributed by atoms with Gasteiger partial charge < -0.3 is 9.64 Å². The van der Waals surface area contributed by atoms with E-state index < -0.39 is 11.4 Å². The Hall–Kier alpha value is -2.69.